The Bertz CT molecular complexity index is 891. The van der Waals surface area contributed by atoms with Gasteiger partial charge in [0.1, 0.15) is 12.6 Å². The molecule has 1 heterocycles. The van der Waals surface area contributed by atoms with Gasteiger partial charge in [0.05, 0.1) is 12.2 Å². The Balaban J connectivity index is 1.42. The fourth-order valence-corrected chi connectivity index (χ4v) is 4.35. The van der Waals surface area contributed by atoms with Crippen molar-refractivity contribution in [2.45, 2.75) is 30.4 Å². The molecule has 0 aromatic heterocycles. The van der Waals surface area contributed by atoms with Crippen molar-refractivity contribution in [3.63, 3.8) is 0 Å². The van der Waals surface area contributed by atoms with Crippen LogP contribution in [0.1, 0.15) is 29.9 Å². The van der Waals surface area contributed by atoms with Gasteiger partial charge in [0.25, 0.3) is 0 Å². The Hall–Kier alpha value is -2.90. The lowest BCUT2D eigenvalue weighted by Crippen LogP contribution is -2.48. The van der Waals surface area contributed by atoms with E-state index in [1.807, 2.05) is 36.4 Å². The molecular formula is C23H25NO6. The lowest BCUT2D eigenvalue weighted by atomic mass is 9.93. The largest absolute Gasteiger partial charge is 0.480 e. The minimum Gasteiger partial charge on any atom is -0.480 e. The Morgan fingerprint density at radius 2 is 1.80 bits per heavy atom. The first-order valence-electron chi connectivity index (χ1n) is 10.0. The van der Waals surface area contributed by atoms with E-state index in [9.17, 15) is 14.7 Å². The van der Waals surface area contributed by atoms with Crippen LogP contribution in [0.5, 0.6) is 0 Å². The molecule has 0 bridgehead atoms. The quantitative estimate of drug-likeness (QED) is 0.727. The average Bonchev–Trinajstić information content (AvgIpc) is 3.35. The number of rotatable bonds is 7. The highest BCUT2D eigenvalue weighted by Crippen LogP contribution is 2.44. The van der Waals surface area contributed by atoms with E-state index < -0.39 is 23.7 Å². The smallest absolute Gasteiger partial charge is 0.407 e. The second-order valence-corrected chi connectivity index (χ2v) is 7.75. The molecule has 0 spiro atoms. The fourth-order valence-electron chi connectivity index (χ4n) is 4.35. The van der Waals surface area contributed by atoms with Gasteiger partial charge in [-0.3, -0.25) is 0 Å². The van der Waals surface area contributed by atoms with Gasteiger partial charge in [0.2, 0.25) is 0 Å². The van der Waals surface area contributed by atoms with Gasteiger partial charge in [0.15, 0.2) is 0 Å². The number of aliphatic carboxylic acids is 1. The Morgan fingerprint density at radius 1 is 1.17 bits per heavy atom. The van der Waals surface area contributed by atoms with Crippen LogP contribution in [0.2, 0.25) is 0 Å². The van der Waals surface area contributed by atoms with E-state index >= 15 is 0 Å². The molecule has 1 amide bonds. The van der Waals surface area contributed by atoms with Crippen LogP contribution in [-0.2, 0) is 19.0 Å². The van der Waals surface area contributed by atoms with E-state index in [2.05, 4.69) is 17.4 Å². The van der Waals surface area contributed by atoms with Crippen molar-refractivity contribution in [2.75, 3.05) is 26.9 Å². The summed E-state index contributed by atoms with van der Waals surface area (Å²) in [6.07, 6.45) is -0.0581. The number of amides is 1. The van der Waals surface area contributed by atoms with Crippen molar-refractivity contribution in [2.24, 2.45) is 0 Å². The lowest BCUT2D eigenvalue weighted by Gasteiger charge is -2.29. The maximum atomic E-state index is 12.4. The minimum absolute atomic E-state index is 0.0834. The van der Waals surface area contributed by atoms with E-state index in [1.165, 1.54) is 7.11 Å². The number of benzene rings is 2. The molecule has 1 aliphatic heterocycles. The van der Waals surface area contributed by atoms with Crippen molar-refractivity contribution >= 4 is 12.1 Å². The molecule has 0 saturated carbocycles. The zero-order valence-corrected chi connectivity index (χ0v) is 16.8. The predicted octanol–water partition coefficient (Wildman–Crippen LogP) is 3.17. The molecule has 2 aliphatic rings. The van der Waals surface area contributed by atoms with Gasteiger partial charge in [0, 0.05) is 32.5 Å². The highest BCUT2D eigenvalue weighted by atomic mass is 16.6. The first-order valence-corrected chi connectivity index (χ1v) is 10.0. The van der Waals surface area contributed by atoms with Crippen LogP contribution >= 0.6 is 0 Å². The molecule has 1 saturated heterocycles. The van der Waals surface area contributed by atoms with E-state index in [4.69, 9.17) is 14.2 Å². The number of methoxy groups -OCH3 is 1. The maximum absolute atomic E-state index is 12.4. The van der Waals surface area contributed by atoms with Gasteiger partial charge >= 0.3 is 12.1 Å². The second-order valence-electron chi connectivity index (χ2n) is 7.75. The summed E-state index contributed by atoms with van der Waals surface area (Å²) in [7, 11) is 1.53. The molecule has 1 aliphatic carbocycles. The van der Waals surface area contributed by atoms with Crippen LogP contribution < -0.4 is 5.32 Å². The van der Waals surface area contributed by atoms with Crippen LogP contribution in [0.3, 0.4) is 0 Å². The number of carbonyl (C=O) groups is 2. The third-order valence-corrected chi connectivity index (χ3v) is 6.01. The topological polar surface area (TPSA) is 94.1 Å². The number of hydrogen-bond donors (Lipinski definition) is 2. The standard InChI is InChI=1S/C23H25NO6/c1-28-23(10-11-29-14-23)12-20(21(25)26)24-22(27)30-13-19-17-8-4-2-6-15(17)16-7-3-5-9-18(16)19/h2-9,19-20H,10-14H2,1H3,(H,24,27)(H,25,26). The normalized spacial score (nSPS) is 21.0. The average molecular weight is 411 g/mol. The summed E-state index contributed by atoms with van der Waals surface area (Å²) >= 11 is 0. The first kappa shape index (κ1) is 20.4. The molecular weight excluding hydrogens is 386 g/mol. The summed E-state index contributed by atoms with van der Waals surface area (Å²) in [5, 5.41) is 12.0. The number of hydrogen-bond acceptors (Lipinski definition) is 5. The summed E-state index contributed by atoms with van der Waals surface area (Å²) in [6, 6.07) is 15.0. The molecule has 2 aromatic carbocycles. The fraction of sp³-hybridized carbons (Fsp3) is 0.391. The van der Waals surface area contributed by atoms with Gasteiger partial charge in [-0.25, -0.2) is 9.59 Å². The summed E-state index contributed by atoms with van der Waals surface area (Å²) < 4.78 is 16.3. The van der Waals surface area contributed by atoms with Gasteiger partial charge in [-0.2, -0.15) is 0 Å². The van der Waals surface area contributed by atoms with Crippen LogP contribution in [0, 0.1) is 0 Å². The summed E-state index contributed by atoms with van der Waals surface area (Å²) in [5.41, 5.74) is 3.76. The zero-order chi connectivity index (χ0) is 21.1. The lowest BCUT2D eigenvalue weighted by molar-refractivity contribution is -0.141. The second kappa shape index (κ2) is 8.45. The van der Waals surface area contributed by atoms with Gasteiger partial charge in [-0.15, -0.1) is 0 Å². The summed E-state index contributed by atoms with van der Waals surface area (Å²) in [5.74, 6) is -1.22. The molecule has 0 radical (unpaired) electrons. The molecule has 4 rings (SSSR count). The number of nitrogens with one attached hydrogen (secondary N) is 1. The van der Waals surface area contributed by atoms with Crippen LogP contribution in [0.15, 0.2) is 48.5 Å². The van der Waals surface area contributed by atoms with E-state index in [0.717, 1.165) is 22.3 Å². The van der Waals surface area contributed by atoms with Crippen LogP contribution in [0.4, 0.5) is 4.79 Å². The number of carbonyl (C=O) groups excluding carboxylic acids is 1. The van der Waals surface area contributed by atoms with Crippen molar-refractivity contribution in [3.05, 3.63) is 59.7 Å². The van der Waals surface area contributed by atoms with Gasteiger partial charge in [-0.1, -0.05) is 48.5 Å². The molecule has 7 nitrogen and oxygen atoms in total. The molecule has 2 N–H and O–H groups in total. The van der Waals surface area contributed by atoms with Crippen molar-refractivity contribution in [1.29, 1.82) is 0 Å². The maximum Gasteiger partial charge on any atom is 0.407 e. The number of carboxylic acid groups (broad SMARTS) is 1. The van der Waals surface area contributed by atoms with Gasteiger partial charge < -0.3 is 24.6 Å². The van der Waals surface area contributed by atoms with Crippen LogP contribution in [0.25, 0.3) is 11.1 Å². The predicted molar refractivity (Wildman–Crippen MR) is 109 cm³/mol. The summed E-state index contributed by atoms with van der Waals surface area (Å²) in [6.45, 7) is 0.940. The number of fused-ring (bicyclic) bond motifs is 3. The zero-order valence-electron chi connectivity index (χ0n) is 16.8. The molecule has 1 fully saturated rings. The van der Waals surface area contributed by atoms with E-state index in [0.29, 0.717) is 19.6 Å². The molecule has 2 aromatic rings. The third-order valence-electron chi connectivity index (χ3n) is 6.01. The van der Waals surface area contributed by atoms with E-state index in [-0.39, 0.29) is 18.9 Å². The molecule has 2 atom stereocenters. The third kappa shape index (κ3) is 3.91. The molecule has 158 valence electrons. The van der Waals surface area contributed by atoms with Crippen molar-refractivity contribution < 1.29 is 28.9 Å². The van der Waals surface area contributed by atoms with Gasteiger partial charge in [-0.05, 0) is 22.3 Å². The Morgan fingerprint density at radius 3 is 2.33 bits per heavy atom. The van der Waals surface area contributed by atoms with Crippen LogP contribution in [-0.4, -0.2) is 55.7 Å². The monoisotopic (exact) mass is 411 g/mol. The van der Waals surface area contributed by atoms with Crippen molar-refractivity contribution in [3.8, 4) is 11.1 Å². The molecule has 30 heavy (non-hydrogen) atoms. The highest BCUT2D eigenvalue weighted by Gasteiger charge is 2.40. The van der Waals surface area contributed by atoms with E-state index in [1.54, 1.807) is 0 Å². The Labute approximate surface area is 174 Å². The van der Waals surface area contributed by atoms with Crippen molar-refractivity contribution in [1.82, 2.24) is 5.32 Å². The minimum atomic E-state index is -1.13. The SMILES string of the molecule is COC1(CC(NC(=O)OCC2c3ccccc3-c3ccccc32)C(=O)O)CCOC1. The molecule has 2 unspecified atom stereocenters. The number of carboxylic acids is 1. The highest BCUT2D eigenvalue weighted by molar-refractivity contribution is 5.81. The number of ether oxygens (including phenoxy) is 3. The molecule has 7 heteroatoms. The first-order chi connectivity index (χ1) is 14.5. The summed E-state index contributed by atoms with van der Waals surface area (Å²) in [4.78, 5) is 24.1. The number of alkyl carbamates (subject to hydrolysis) is 1. The Kier molecular flexibility index (Phi) is 5.74.